The molecular weight excluding hydrogens is 418 g/mol. The number of para-hydroxylation sites is 1. The second-order valence-corrected chi connectivity index (χ2v) is 8.23. The van der Waals surface area contributed by atoms with Gasteiger partial charge in [0.05, 0.1) is 5.69 Å². The molecule has 1 saturated heterocycles. The van der Waals surface area contributed by atoms with E-state index in [1.165, 1.54) is 15.4 Å². The Morgan fingerprint density at radius 3 is 2.38 bits per heavy atom. The molecule has 1 aliphatic rings. The van der Waals surface area contributed by atoms with Crippen LogP contribution in [0.25, 0.3) is 11.8 Å². The third kappa shape index (κ3) is 3.89. The molecule has 0 atom stereocenters. The molecule has 1 fully saturated rings. The fraction of sp³-hybridized carbons (Fsp3) is 0.192. The third-order valence-corrected chi connectivity index (χ3v) is 5.88. The lowest BCUT2D eigenvalue weighted by Crippen LogP contribution is -2.56. The van der Waals surface area contributed by atoms with E-state index in [1.54, 1.807) is 6.08 Å². The van der Waals surface area contributed by atoms with Crippen LogP contribution in [0.15, 0.2) is 72.4 Å². The first-order valence-electron chi connectivity index (χ1n) is 10.6. The number of nitrogens with zero attached hydrogens (tertiary/aromatic N) is 3. The van der Waals surface area contributed by atoms with Gasteiger partial charge in [0.2, 0.25) is 0 Å². The van der Waals surface area contributed by atoms with Gasteiger partial charge in [0.25, 0.3) is 11.8 Å². The Labute approximate surface area is 193 Å². The molecule has 3 aromatic rings. The zero-order chi connectivity index (χ0) is 22.8. The summed E-state index contributed by atoms with van der Waals surface area (Å²) in [5.41, 5.74) is 4.79. The van der Waals surface area contributed by atoms with E-state index in [4.69, 9.17) is 12.2 Å². The Balaban J connectivity index is 1.82. The van der Waals surface area contributed by atoms with Crippen LogP contribution in [0.4, 0.5) is 5.69 Å². The minimum atomic E-state index is -0.410. The van der Waals surface area contributed by atoms with Gasteiger partial charge in [0.15, 0.2) is 5.11 Å². The maximum atomic E-state index is 13.5. The number of carbonyl (C=O) groups excluding carboxylic acids is 2. The van der Waals surface area contributed by atoms with Gasteiger partial charge in [0, 0.05) is 24.1 Å². The molecule has 0 spiro atoms. The quantitative estimate of drug-likeness (QED) is 0.315. The molecule has 4 rings (SSSR count). The van der Waals surface area contributed by atoms with Crippen LogP contribution in [0.3, 0.4) is 0 Å². The van der Waals surface area contributed by atoms with Crippen LogP contribution in [-0.4, -0.2) is 32.9 Å². The van der Waals surface area contributed by atoms with E-state index in [0.717, 1.165) is 23.4 Å². The largest absolute Gasteiger partial charge is 0.317 e. The standard InChI is InChI=1S/C26H25N3O2S/c1-4-14-28-24(30)22(25(31)29(26(28)32)20-9-6-5-7-10-20)17-21-11-8-15-27(21)23-13-12-18(2)16-19(23)3/h5-13,15-17H,4,14H2,1-3H3/b22-17+. The third-order valence-electron chi connectivity index (χ3n) is 5.48. The Hall–Kier alpha value is -3.51. The molecule has 1 aliphatic heterocycles. The van der Waals surface area contributed by atoms with E-state index in [9.17, 15) is 9.59 Å². The molecule has 0 unspecified atom stereocenters. The van der Waals surface area contributed by atoms with E-state index >= 15 is 0 Å². The zero-order valence-corrected chi connectivity index (χ0v) is 19.2. The first-order chi connectivity index (χ1) is 15.4. The van der Waals surface area contributed by atoms with Gasteiger partial charge in [-0.3, -0.25) is 19.4 Å². The van der Waals surface area contributed by atoms with Gasteiger partial charge in [-0.25, -0.2) is 0 Å². The van der Waals surface area contributed by atoms with Crippen LogP contribution in [0.1, 0.15) is 30.2 Å². The summed E-state index contributed by atoms with van der Waals surface area (Å²) in [6.45, 7) is 6.53. The van der Waals surface area contributed by atoms with Crippen LogP contribution in [0, 0.1) is 13.8 Å². The van der Waals surface area contributed by atoms with E-state index in [0.29, 0.717) is 12.2 Å². The number of amides is 2. The monoisotopic (exact) mass is 443 g/mol. The zero-order valence-electron chi connectivity index (χ0n) is 18.4. The van der Waals surface area contributed by atoms with Crippen LogP contribution in [0.5, 0.6) is 0 Å². The molecule has 162 valence electrons. The Morgan fingerprint density at radius 2 is 1.69 bits per heavy atom. The van der Waals surface area contributed by atoms with Crippen molar-refractivity contribution in [2.75, 3.05) is 11.4 Å². The molecule has 0 bridgehead atoms. The van der Waals surface area contributed by atoms with E-state index < -0.39 is 5.91 Å². The Kier molecular flexibility index (Phi) is 6.06. The van der Waals surface area contributed by atoms with Crippen LogP contribution in [-0.2, 0) is 9.59 Å². The number of aryl methyl sites for hydroxylation is 2. The van der Waals surface area contributed by atoms with Crippen LogP contribution < -0.4 is 4.90 Å². The molecule has 1 aromatic heterocycles. The predicted octanol–water partition coefficient (Wildman–Crippen LogP) is 5.05. The number of carbonyl (C=O) groups is 2. The summed E-state index contributed by atoms with van der Waals surface area (Å²) >= 11 is 5.56. The van der Waals surface area contributed by atoms with Crippen molar-refractivity contribution in [3.63, 3.8) is 0 Å². The van der Waals surface area contributed by atoms with Gasteiger partial charge in [-0.05, 0) is 74.5 Å². The molecule has 0 saturated carbocycles. The molecule has 0 radical (unpaired) electrons. The highest BCUT2D eigenvalue weighted by atomic mass is 32.1. The summed E-state index contributed by atoms with van der Waals surface area (Å²) in [7, 11) is 0. The van der Waals surface area contributed by atoms with Gasteiger partial charge in [-0.2, -0.15) is 0 Å². The minimum absolute atomic E-state index is 0.0978. The minimum Gasteiger partial charge on any atom is -0.317 e. The topological polar surface area (TPSA) is 45.6 Å². The molecule has 2 amide bonds. The fourth-order valence-corrected chi connectivity index (χ4v) is 4.32. The molecule has 6 heteroatoms. The van der Waals surface area contributed by atoms with Gasteiger partial charge < -0.3 is 4.57 Å². The molecule has 5 nitrogen and oxygen atoms in total. The maximum Gasteiger partial charge on any atom is 0.270 e. The number of rotatable bonds is 5. The Bertz CT molecular complexity index is 1230. The predicted molar refractivity (Wildman–Crippen MR) is 132 cm³/mol. The number of hydrogen-bond acceptors (Lipinski definition) is 3. The van der Waals surface area contributed by atoms with Crippen molar-refractivity contribution in [2.24, 2.45) is 0 Å². The van der Waals surface area contributed by atoms with Crippen molar-refractivity contribution in [2.45, 2.75) is 27.2 Å². The van der Waals surface area contributed by atoms with Crippen molar-refractivity contribution >= 4 is 40.9 Å². The summed E-state index contributed by atoms with van der Waals surface area (Å²) < 4.78 is 1.99. The second kappa shape index (κ2) is 8.93. The van der Waals surface area contributed by atoms with Gasteiger partial charge in [0.1, 0.15) is 5.57 Å². The average Bonchev–Trinajstić information content (AvgIpc) is 3.23. The number of aromatic nitrogens is 1. The second-order valence-electron chi connectivity index (χ2n) is 7.87. The lowest BCUT2D eigenvalue weighted by molar-refractivity contribution is -0.127. The lowest BCUT2D eigenvalue weighted by atomic mass is 10.1. The molecule has 2 aromatic carbocycles. The van der Waals surface area contributed by atoms with Crippen molar-refractivity contribution in [1.29, 1.82) is 0 Å². The number of anilines is 1. The lowest BCUT2D eigenvalue weighted by Gasteiger charge is -2.36. The number of benzene rings is 2. The van der Waals surface area contributed by atoms with Crippen LogP contribution in [0.2, 0.25) is 0 Å². The smallest absolute Gasteiger partial charge is 0.270 e. The molecule has 32 heavy (non-hydrogen) atoms. The average molecular weight is 444 g/mol. The van der Waals surface area contributed by atoms with E-state index in [2.05, 4.69) is 26.0 Å². The maximum absolute atomic E-state index is 13.5. The highest BCUT2D eigenvalue weighted by Crippen LogP contribution is 2.27. The molecular formula is C26H25N3O2S. The summed E-state index contributed by atoms with van der Waals surface area (Å²) in [5, 5.41) is 0.218. The van der Waals surface area contributed by atoms with Gasteiger partial charge >= 0.3 is 0 Å². The summed E-state index contributed by atoms with van der Waals surface area (Å²) in [6, 6.07) is 19.2. The van der Waals surface area contributed by atoms with E-state index in [-0.39, 0.29) is 16.6 Å². The molecule has 2 heterocycles. The molecule has 0 aliphatic carbocycles. The van der Waals surface area contributed by atoms with Crippen molar-refractivity contribution in [3.05, 3.63) is 89.3 Å². The highest BCUT2D eigenvalue weighted by Gasteiger charge is 2.40. The first kappa shape index (κ1) is 21.7. The summed E-state index contributed by atoms with van der Waals surface area (Å²) in [5.74, 6) is -0.769. The van der Waals surface area contributed by atoms with Crippen molar-refractivity contribution in [1.82, 2.24) is 9.47 Å². The van der Waals surface area contributed by atoms with E-state index in [1.807, 2.05) is 66.2 Å². The fourth-order valence-electron chi connectivity index (χ4n) is 3.96. The van der Waals surface area contributed by atoms with Crippen LogP contribution >= 0.6 is 12.2 Å². The SMILES string of the molecule is CCCN1C(=O)/C(=C\c2cccn2-c2ccc(C)cc2C)C(=O)N(c2ccccc2)C1=S. The number of hydrogen-bond donors (Lipinski definition) is 0. The summed E-state index contributed by atoms with van der Waals surface area (Å²) in [4.78, 5) is 29.8. The van der Waals surface area contributed by atoms with Crippen molar-refractivity contribution in [3.8, 4) is 5.69 Å². The Morgan fingerprint density at radius 1 is 0.938 bits per heavy atom. The number of thiocarbonyl (C=S) groups is 1. The summed E-state index contributed by atoms with van der Waals surface area (Å²) in [6.07, 6.45) is 4.34. The highest BCUT2D eigenvalue weighted by molar-refractivity contribution is 7.80. The normalized spacial score (nSPS) is 15.7. The van der Waals surface area contributed by atoms with Crippen molar-refractivity contribution < 1.29 is 9.59 Å². The first-order valence-corrected chi connectivity index (χ1v) is 11.0. The molecule has 0 N–H and O–H groups in total. The van der Waals surface area contributed by atoms with Gasteiger partial charge in [-0.15, -0.1) is 0 Å². The van der Waals surface area contributed by atoms with Gasteiger partial charge in [-0.1, -0.05) is 42.8 Å².